The van der Waals surface area contributed by atoms with Crippen LogP contribution in [0, 0.1) is 0 Å². The summed E-state index contributed by atoms with van der Waals surface area (Å²) in [7, 11) is 1.34. The number of nitrogens with one attached hydrogen (secondary N) is 1. The first-order valence-corrected chi connectivity index (χ1v) is 9.79. The molecular weight excluding hydrogens is 398 g/mol. The maximum Gasteiger partial charge on any atom is 0.325 e. The molecule has 0 atom stereocenters. The highest BCUT2D eigenvalue weighted by Gasteiger charge is 2.16. The number of nitrogens with zero attached hydrogens (tertiary/aromatic N) is 2. The maximum atomic E-state index is 12.2. The van der Waals surface area contributed by atoms with E-state index in [9.17, 15) is 9.59 Å². The number of carbonyl (C=O) groups is 2. The Balaban J connectivity index is 1.73. The zero-order valence-electron chi connectivity index (χ0n) is 15.1. The van der Waals surface area contributed by atoms with E-state index in [1.165, 1.54) is 18.9 Å². The molecule has 28 heavy (non-hydrogen) atoms. The molecule has 0 aliphatic carbocycles. The molecule has 8 heteroatoms. The Morgan fingerprint density at radius 2 is 1.86 bits per heavy atom. The molecule has 1 aromatic heterocycles. The van der Waals surface area contributed by atoms with Gasteiger partial charge in [-0.2, -0.15) is 0 Å². The minimum atomic E-state index is -0.386. The maximum absolute atomic E-state index is 12.2. The summed E-state index contributed by atoms with van der Waals surface area (Å²) >= 11 is 7.10. The van der Waals surface area contributed by atoms with Crippen molar-refractivity contribution in [2.75, 3.05) is 18.2 Å². The molecule has 0 fully saturated rings. The quantitative estimate of drug-likeness (QED) is 0.464. The molecule has 1 heterocycles. The van der Waals surface area contributed by atoms with Gasteiger partial charge < -0.3 is 14.6 Å². The second-order valence-corrected chi connectivity index (χ2v) is 7.18. The zero-order valence-corrected chi connectivity index (χ0v) is 16.7. The lowest BCUT2D eigenvalue weighted by molar-refractivity contribution is -0.141. The predicted molar refractivity (Wildman–Crippen MR) is 110 cm³/mol. The van der Waals surface area contributed by atoms with Gasteiger partial charge in [-0.15, -0.1) is 0 Å². The molecule has 3 rings (SSSR count). The minimum absolute atomic E-state index is 0.0157. The summed E-state index contributed by atoms with van der Waals surface area (Å²) in [6.45, 7) is 0.0157. The number of anilines is 1. The SMILES string of the molecule is COC(=O)Cn1c(-c2ccccc2)cnc1SCC(=O)Nc1ccc(Cl)cc1. The number of ether oxygens (including phenoxy) is 1. The van der Waals surface area contributed by atoms with Gasteiger partial charge in [-0.25, -0.2) is 4.98 Å². The summed E-state index contributed by atoms with van der Waals surface area (Å²) in [6.07, 6.45) is 1.69. The van der Waals surface area contributed by atoms with Gasteiger partial charge in [0.25, 0.3) is 0 Å². The molecule has 0 bridgehead atoms. The fraction of sp³-hybridized carbons (Fsp3) is 0.150. The number of methoxy groups -OCH3 is 1. The van der Waals surface area contributed by atoms with Crippen molar-refractivity contribution in [3.05, 3.63) is 65.8 Å². The van der Waals surface area contributed by atoms with Crippen molar-refractivity contribution >= 4 is 40.9 Å². The number of amides is 1. The predicted octanol–water partition coefficient (Wildman–Crippen LogP) is 4.11. The third-order valence-electron chi connectivity index (χ3n) is 3.86. The van der Waals surface area contributed by atoms with Crippen LogP contribution >= 0.6 is 23.4 Å². The molecule has 144 valence electrons. The van der Waals surface area contributed by atoms with Crippen molar-refractivity contribution in [3.63, 3.8) is 0 Å². The molecule has 3 aromatic rings. The van der Waals surface area contributed by atoms with E-state index in [0.29, 0.717) is 15.9 Å². The first-order valence-electron chi connectivity index (χ1n) is 8.43. The number of imidazole rings is 1. The Kier molecular flexibility index (Phi) is 6.73. The van der Waals surface area contributed by atoms with Crippen molar-refractivity contribution in [1.82, 2.24) is 9.55 Å². The lowest BCUT2D eigenvalue weighted by atomic mass is 10.2. The first kappa shape index (κ1) is 20.0. The fourth-order valence-corrected chi connectivity index (χ4v) is 3.42. The van der Waals surface area contributed by atoms with Crippen LogP contribution in [0.3, 0.4) is 0 Å². The van der Waals surface area contributed by atoms with Crippen molar-refractivity contribution in [3.8, 4) is 11.3 Å². The highest BCUT2D eigenvalue weighted by atomic mass is 35.5. The number of hydrogen-bond donors (Lipinski definition) is 1. The van der Waals surface area contributed by atoms with Gasteiger partial charge >= 0.3 is 5.97 Å². The summed E-state index contributed by atoms with van der Waals surface area (Å²) in [5.41, 5.74) is 2.38. The van der Waals surface area contributed by atoms with Crippen molar-refractivity contribution in [2.24, 2.45) is 0 Å². The number of carbonyl (C=O) groups excluding carboxylic acids is 2. The number of esters is 1. The minimum Gasteiger partial charge on any atom is -0.468 e. The van der Waals surface area contributed by atoms with Gasteiger partial charge in [-0.3, -0.25) is 9.59 Å². The normalized spacial score (nSPS) is 10.5. The lowest BCUT2D eigenvalue weighted by Crippen LogP contribution is -2.16. The van der Waals surface area contributed by atoms with Gasteiger partial charge in [0.05, 0.1) is 24.8 Å². The van der Waals surface area contributed by atoms with Gasteiger partial charge in [-0.1, -0.05) is 53.7 Å². The van der Waals surface area contributed by atoms with E-state index in [0.717, 1.165) is 11.3 Å². The van der Waals surface area contributed by atoms with E-state index in [2.05, 4.69) is 10.3 Å². The lowest BCUT2D eigenvalue weighted by Gasteiger charge is -2.11. The van der Waals surface area contributed by atoms with Crippen molar-refractivity contribution in [2.45, 2.75) is 11.7 Å². The van der Waals surface area contributed by atoms with Crippen LogP contribution in [0.1, 0.15) is 0 Å². The monoisotopic (exact) mass is 415 g/mol. The van der Waals surface area contributed by atoms with Gasteiger partial charge in [-0.05, 0) is 29.8 Å². The Bertz CT molecular complexity index is 959. The average molecular weight is 416 g/mol. The van der Waals surface area contributed by atoms with E-state index in [1.807, 2.05) is 30.3 Å². The first-order chi connectivity index (χ1) is 13.6. The molecule has 0 aliphatic rings. The van der Waals surface area contributed by atoms with Crippen LogP contribution in [0.4, 0.5) is 5.69 Å². The molecule has 1 amide bonds. The van der Waals surface area contributed by atoms with Gasteiger partial charge in [0.15, 0.2) is 5.16 Å². The molecule has 0 unspecified atom stereocenters. The summed E-state index contributed by atoms with van der Waals surface area (Å²) in [6, 6.07) is 16.5. The van der Waals surface area contributed by atoms with Crippen LogP contribution in [0.2, 0.25) is 5.02 Å². The summed E-state index contributed by atoms with van der Waals surface area (Å²) in [5, 5.41) is 3.97. The zero-order chi connectivity index (χ0) is 19.9. The second kappa shape index (κ2) is 9.43. The van der Waals surface area contributed by atoms with Crippen LogP contribution < -0.4 is 5.32 Å². The molecule has 6 nitrogen and oxygen atoms in total. The highest BCUT2D eigenvalue weighted by Crippen LogP contribution is 2.26. The smallest absolute Gasteiger partial charge is 0.325 e. The molecule has 0 saturated carbocycles. The van der Waals surface area contributed by atoms with Crippen LogP contribution in [0.5, 0.6) is 0 Å². The number of halogens is 1. The summed E-state index contributed by atoms with van der Waals surface area (Å²) in [5.74, 6) is -0.418. The van der Waals surface area contributed by atoms with Crippen LogP contribution in [0.15, 0.2) is 66.0 Å². The average Bonchev–Trinajstić information content (AvgIpc) is 3.11. The largest absolute Gasteiger partial charge is 0.468 e. The molecule has 1 N–H and O–H groups in total. The van der Waals surface area contributed by atoms with E-state index in [4.69, 9.17) is 16.3 Å². The Hall–Kier alpha value is -2.77. The third kappa shape index (κ3) is 5.15. The highest BCUT2D eigenvalue weighted by molar-refractivity contribution is 7.99. The van der Waals surface area contributed by atoms with Crippen LogP contribution in [0.25, 0.3) is 11.3 Å². The van der Waals surface area contributed by atoms with Crippen molar-refractivity contribution in [1.29, 1.82) is 0 Å². The standard InChI is InChI=1S/C20H18ClN3O3S/c1-27-19(26)12-24-17(14-5-3-2-4-6-14)11-22-20(24)28-13-18(25)23-16-9-7-15(21)8-10-16/h2-11H,12-13H2,1H3,(H,23,25). The Labute approximate surface area is 171 Å². The molecular formula is C20H18ClN3O3S. The second-order valence-electron chi connectivity index (χ2n) is 5.80. The number of benzene rings is 2. The van der Waals surface area contributed by atoms with E-state index in [-0.39, 0.29) is 24.2 Å². The van der Waals surface area contributed by atoms with E-state index < -0.39 is 0 Å². The molecule has 0 saturated heterocycles. The molecule has 2 aromatic carbocycles. The van der Waals surface area contributed by atoms with Crippen LogP contribution in [-0.2, 0) is 20.9 Å². The van der Waals surface area contributed by atoms with Crippen LogP contribution in [-0.4, -0.2) is 34.3 Å². The van der Waals surface area contributed by atoms with E-state index >= 15 is 0 Å². The number of hydrogen-bond acceptors (Lipinski definition) is 5. The fourth-order valence-electron chi connectivity index (χ4n) is 2.52. The topological polar surface area (TPSA) is 73.2 Å². The van der Waals surface area contributed by atoms with Gasteiger partial charge in [0, 0.05) is 10.7 Å². The molecule has 0 spiro atoms. The van der Waals surface area contributed by atoms with Gasteiger partial charge in [0.2, 0.25) is 5.91 Å². The molecule has 0 radical (unpaired) electrons. The Morgan fingerprint density at radius 1 is 1.14 bits per heavy atom. The number of rotatable bonds is 7. The number of aromatic nitrogens is 2. The van der Waals surface area contributed by atoms with Crippen molar-refractivity contribution < 1.29 is 14.3 Å². The summed E-state index contributed by atoms with van der Waals surface area (Å²) < 4.78 is 6.55. The third-order valence-corrected chi connectivity index (χ3v) is 5.11. The van der Waals surface area contributed by atoms with Gasteiger partial charge in [0.1, 0.15) is 6.54 Å². The summed E-state index contributed by atoms with van der Waals surface area (Å²) in [4.78, 5) is 28.5. The Morgan fingerprint density at radius 3 is 2.54 bits per heavy atom. The van der Waals surface area contributed by atoms with E-state index in [1.54, 1.807) is 35.0 Å². The number of thioether (sulfide) groups is 1. The molecule has 0 aliphatic heterocycles.